The molecule has 1 aromatic carbocycles. The number of hydrogen-bond donors (Lipinski definition) is 3. The van der Waals surface area contributed by atoms with Crippen molar-refractivity contribution in [2.24, 2.45) is 16.8 Å². The first-order valence-electron chi connectivity index (χ1n) is 6.52. The number of nitrogens with two attached hydrogens (primary N) is 1. The van der Waals surface area contributed by atoms with E-state index in [-0.39, 0.29) is 17.8 Å². The summed E-state index contributed by atoms with van der Waals surface area (Å²) in [6, 6.07) is 7.08. The summed E-state index contributed by atoms with van der Waals surface area (Å²) < 4.78 is 0. The first-order valence-corrected chi connectivity index (χ1v) is 6.90. The van der Waals surface area contributed by atoms with Crippen LogP contribution in [0.2, 0.25) is 5.02 Å². The van der Waals surface area contributed by atoms with Gasteiger partial charge >= 0.3 is 0 Å². The predicted molar refractivity (Wildman–Crippen MR) is 79.8 cm³/mol. The molecule has 6 heteroatoms. The Morgan fingerprint density at radius 3 is 2.80 bits per heavy atom. The molecule has 0 radical (unpaired) electrons. The van der Waals surface area contributed by atoms with Crippen LogP contribution >= 0.6 is 11.6 Å². The minimum atomic E-state index is -0.619. The van der Waals surface area contributed by atoms with E-state index in [0.717, 1.165) is 12.0 Å². The van der Waals surface area contributed by atoms with Crippen molar-refractivity contribution in [2.45, 2.75) is 32.7 Å². The average Bonchev–Trinajstić information content (AvgIpc) is 2.43. The first-order chi connectivity index (χ1) is 9.49. The zero-order valence-corrected chi connectivity index (χ0v) is 12.4. The molecular weight excluding hydrogens is 278 g/mol. The van der Waals surface area contributed by atoms with Crippen molar-refractivity contribution in [1.82, 2.24) is 5.32 Å². The maximum absolute atomic E-state index is 12.2. The second-order valence-electron chi connectivity index (χ2n) is 4.65. The number of nitrogens with one attached hydrogen (secondary N) is 1. The number of rotatable bonds is 6. The third kappa shape index (κ3) is 4.42. The van der Waals surface area contributed by atoms with Crippen molar-refractivity contribution >= 4 is 23.3 Å². The van der Waals surface area contributed by atoms with Gasteiger partial charge in [0.05, 0.1) is 12.0 Å². The van der Waals surface area contributed by atoms with E-state index in [0.29, 0.717) is 11.4 Å². The van der Waals surface area contributed by atoms with Crippen LogP contribution in [0.5, 0.6) is 0 Å². The zero-order chi connectivity index (χ0) is 15.1. The van der Waals surface area contributed by atoms with Crippen LogP contribution in [0.1, 0.15) is 38.3 Å². The van der Waals surface area contributed by atoms with Crippen molar-refractivity contribution < 1.29 is 10.0 Å². The second kappa shape index (κ2) is 7.75. The van der Waals surface area contributed by atoms with Crippen LogP contribution in [0, 0.1) is 5.92 Å². The molecule has 4 N–H and O–H groups in total. The molecule has 0 aliphatic heterocycles. The van der Waals surface area contributed by atoms with Crippen molar-refractivity contribution in [3.05, 3.63) is 34.9 Å². The summed E-state index contributed by atoms with van der Waals surface area (Å²) in [5, 5.41) is 15.1. The number of oxime groups is 1. The van der Waals surface area contributed by atoms with E-state index in [1.165, 1.54) is 0 Å². The first kappa shape index (κ1) is 16.3. The molecule has 0 saturated carbocycles. The maximum atomic E-state index is 12.2. The lowest BCUT2D eigenvalue weighted by molar-refractivity contribution is -0.123. The largest absolute Gasteiger partial charge is 0.409 e. The van der Waals surface area contributed by atoms with E-state index < -0.39 is 5.92 Å². The maximum Gasteiger partial charge on any atom is 0.231 e. The van der Waals surface area contributed by atoms with E-state index in [2.05, 4.69) is 10.5 Å². The zero-order valence-electron chi connectivity index (χ0n) is 11.6. The van der Waals surface area contributed by atoms with Crippen molar-refractivity contribution in [3.63, 3.8) is 0 Å². The Morgan fingerprint density at radius 2 is 2.25 bits per heavy atom. The molecule has 2 unspecified atom stereocenters. The summed E-state index contributed by atoms with van der Waals surface area (Å²) in [5.41, 5.74) is 6.46. The molecule has 0 aliphatic carbocycles. The third-order valence-corrected chi connectivity index (χ3v) is 3.31. The number of hydrogen-bond acceptors (Lipinski definition) is 3. The van der Waals surface area contributed by atoms with Crippen LogP contribution < -0.4 is 11.1 Å². The van der Waals surface area contributed by atoms with Gasteiger partial charge in [-0.3, -0.25) is 4.79 Å². The van der Waals surface area contributed by atoms with Gasteiger partial charge in [-0.2, -0.15) is 0 Å². The molecule has 5 nitrogen and oxygen atoms in total. The van der Waals surface area contributed by atoms with Crippen LogP contribution in [0.15, 0.2) is 29.4 Å². The van der Waals surface area contributed by atoms with Crippen LogP contribution in [0.3, 0.4) is 0 Å². The Kier molecular flexibility index (Phi) is 6.31. The molecule has 20 heavy (non-hydrogen) atoms. The van der Waals surface area contributed by atoms with Gasteiger partial charge in [0.15, 0.2) is 5.84 Å². The fourth-order valence-corrected chi connectivity index (χ4v) is 2.14. The molecule has 0 aromatic heterocycles. The second-order valence-corrected chi connectivity index (χ2v) is 5.09. The van der Waals surface area contributed by atoms with Crippen LogP contribution in [-0.4, -0.2) is 17.0 Å². The number of carbonyl (C=O) groups is 1. The lowest BCUT2D eigenvalue weighted by atomic mass is 10.0. The summed E-state index contributed by atoms with van der Waals surface area (Å²) in [6.07, 6.45) is 1.30. The fourth-order valence-electron chi connectivity index (χ4n) is 1.94. The molecule has 0 bridgehead atoms. The lowest BCUT2D eigenvalue weighted by Gasteiger charge is -2.19. The number of carbonyl (C=O) groups excluding carboxylic acids is 1. The third-order valence-electron chi connectivity index (χ3n) is 3.07. The van der Waals surface area contributed by atoms with Gasteiger partial charge in [0, 0.05) is 5.02 Å². The van der Waals surface area contributed by atoms with Gasteiger partial charge in [-0.1, -0.05) is 42.2 Å². The summed E-state index contributed by atoms with van der Waals surface area (Å²) in [4.78, 5) is 12.2. The molecule has 0 heterocycles. The van der Waals surface area contributed by atoms with Gasteiger partial charge in [0.25, 0.3) is 0 Å². The highest BCUT2D eigenvalue weighted by Crippen LogP contribution is 2.18. The van der Waals surface area contributed by atoms with E-state index in [1.807, 2.05) is 26.0 Å². The molecule has 1 amide bonds. The summed E-state index contributed by atoms with van der Waals surface area (Å²) >= 11 is 5.93. The van der Waals surface area contributed by atoms with Crippen molar-refractivity contribution in [2.75, 3.05) is 0 Å². The van der Waals surface area contributed by atoms with Gasteiger partial charge in [-0.15, -0.1) is 0 Å². The number of amides is 1. The van der Waals surface area contributed by atoms with Crippen LogP contribution in [0.25, 0.3) is 0 Å². The minimum Gasteiger partial charge on any atom is -0.409 e. The Labute approximate surface area is 123 Å². The Hall–Kier alpha value is -1.75. The smallest absolute Gasteiger partial charge is 0.231 e. The van der Waals surface area contributed by atoms with Crippen LogP contribution in [0.4, 0.5) is 0 Å². The van der Waals surface area contributed by atoms with Crippen molar-refractivity contribution in [3.8, 4) is 0 Å². The number of amidine groups is 1. The Bertz CT molecular complexity index is 491. The SMILES string of the molecule is CCCC(C(=O)NC(C)c1cccc(Cl)c1)C(N)=NO. The van der Waals surface area contributed by atoms with E-state index in [1.54, 1.807) is 12.1 Å². The minimum absolute atomic E-state index is 0.0670. The molecule has 0 spiro atoms. The lowest BCUT2D eigenvalue weighted by Crippen LogP contribution is -2.40. The molecule has 110 valence electrons. The van der Waals surface area contributed by atoms with Crippen molar-refractivity contribution in [1.29, 1.82) is 0 Å². The van der Waals surface area contributed by atoms with E-state index in [9.17, 15) is 4.79 Å². The van der Waals surface area contributed by atoms with Gasteiger partial charge in [0.1, 0.15) is 0 Å². The molecule has 1 aromatic rings. The van der Waals surface area contributed by atoms with E-state index in [4.69, 9.17) is 22.5 Å². The van der Waals surface area contributed by atoms with Gasteiger partial charge in [0.2, 0.25) is 5.91 Å². The topological polar surface area (TPSA) is 87.7 Å². The highest BCUT2D eigenvalue weighted by atomic mass is 35.5. The van der Waals surface area contributed by atoms with Crippen LogP contribution in [-0.2, 0) is 4.79 Å². The highest BCUT2D eigenvalue weighted by Gasteiger charge is 2.23. The fraction of sp³-hybridized carbons (Fsp3) is 0.429. The van der Waals surface area contributed by atoms with Gasteiger partial charge in [-0.05, 0) is 31.0 Å². The molecule has 0 fully saturated rings. The standard InChI is InChI=1S/C14H20ClN3O2/c1-3-5-12(13(16)18-20)14(19)17-9(2)10-6-4-7-11(15)8-10/h4,6-9,12,20H,3,5H2,1-2H3,(H2,16,18)(H,17,19). The highest BCUT2D eigenvalue weighted by molar-refractivity contribution is 6.30. The summed E-state index contributed by atoms with van der Waals surface area (Å²) in [6.45, 7) is 3.80. The Balaban J connectivity index is 2.77. The molecule has 2 atom stereocenters. The molecule has 0 saturated heterocycles. The van der Waals surface area contributed by atoms with Gasteiger partial charge < -0.3 is 16.3 Å². The molecular formula is C14H20ClN3O2. The molecule has 0 aliphatic rings. The average molecular weight is 298 g/mol. The van der Waals surface area contributed by atoms with Gasteiger partial charge in [-0.25, -0.2) is 0 Å². The van der Waals surface area contributed by atoms with E-state index >= 15 is 0 Å². The number of nitrogens with zero attached hydrogens (tertiary/aromatic N) is 1. The summed E-state index contributed by atoms with van der Waals surface area (Å²) in [7, 11) is 0. The molecule has 1 rings (SSSR count). The number of halogens is 1. The number of benzene rings is 1. The normalized spacial score (nSPS) is 14.7. The Morgan fingerprint density at radius 1 is 1.55 bits per heavy atom. The monoisotopic (exact) mass is 297 g/mol. The summed E-state index contributed by atoms with van der Waals surface area (Å²) in [5.74, 6) is -0.941. The predicted octanol–water partition coefficient (Wildman–Crippen LogP) is 2.68. The quantitative estimate of drug-likeness (QED) is 0.326.